The molecule has 4 heteroatoms. The van der Waals surface area contributed by atoms with Gasteiger partial charge in [0.1, 0.15) is 13.2 Å². The van der Waals surface area contributed by atoms with E-state index in [1.54, 1.807) is 11.3 Å². The van der Waals surface area contributed by atoms with Gasteiger partial charge in [-0.3, -0.25) is 0 Å². The molecule has 0 spiro atoms. The van der Waals surface area contributed by atoms with Crippen molar-refractivity contribution in [2.45, 2.75) is 12.3 Å². The van der Waals surface area contributed by atoms with Crippen molar-refractivity contribution in [3.63, 3.8) is 0 Å². The van der Waals surface area contributed by atoms with Crippen LogP contribution < -0.4 is 9.47 Å². The number of halogens is 1. The molecule has 0 fully saturated rings. The fourth-order valence-corrected chi connectivity index (χ4v) is 3.20. The molecule has 1 atom stereocenters. The lowest BCUT2D eigenvalue weighted by Gasteiger charge is -2.19. The molecule has 18 heavy (non-hydrogen) atoms. The van der Waals surface area contributed by atoms with Crippen LogP contribution in [0.5, 0.6) is 11.5 Å². The van der Waals surface area contributed by atoms with Crippen LogP contribution in [0.25, 0.3) is 0 Å². The van der Waals surface area contributed by atoms with Gasteiger partial charge in [-0.15, -0.1) is 22.9 Å². The largest absolute Gasteiger partial charge is 0.486 e. The highest BCUT2D eigenvalue weighted by molar-refractivity contribution is 7.12. The first-order chi connectivity index (χ1) is 8.74. The van der Waals surface area contributed by atoms with E-state index in [9.17, 15) is 0 Å². The quantitative estimate of drug-likeness (QED) is 0.769. The maximum atomic E-state index is 6.50. The molecule has 1 unspecified atom stereocenters. The van der Waals surface area contributed by atoms with Crippen LogP contribution in [0.1, 0.15) is 20.7 Å². The molecule has 0 saturated heterocycles. The van der Waals surface area contributed by atoms with Crippen molar-refractivity contribution in [1.82, 2.24) is 0 Å². The Labute approximate surface area is 115 Å². The Morgan fingerprint density at radius 1 is 1.11 bits per heavy atom. The maximum Gasteiger partial charge on any atom is 0.161 e. The van der Waals surface area contributed by atoms with Crippen molar-refractivity contribution >= 4 is 22.9 Å². The van der Waals surface area contributed by atoms with Gasteiger partial charge >= 0.3 is 0 Å². The lowest BCUT2D eigenvalue weighted by molar-refractivity contribution is 0.171. The lowest BCUT2D eigenvalue weighted by atomic mass is 10.1. The molecule has 0 amide bonds. The molecule has 0 aliphatic carbocycles. The predicted octanol–water partition coefficient (Wildman–Crippen LogP) is 4.16. The Balaban J connectivity index is 1.92. The summed E-state index contributed by atoms with van der Waals surface area (Å²) in [5.74, 6) is 1.59. The van der Waals surface area contributed by atoms with Crippen molar-refractivity contribution in [1.29, 1.82) is 0 Å². The van der Waals surface area contributed by atoms with E-state index in [-0.39, 0.29) is 5.38 Å². The Hall–Kier alpha value is -1.19. The van der Waals surface area contributed by atoms with Crippen LogP contribution in [-0.2, 0) is 0 Å². The van der Waals surface area contributed by atoms with Crippen molar-refractivity contribution < 1.29 is 9.47 Å². The molecule has 0 bridgehead atoms. The van der Waals surface area contributed by atoms with Gasteiger partial charge < -0.3 is 9.47 Å². The minimum absolute atomic E-state index is 0.125. The predicted molar refractivity (Wildman–Crippen MR) is 74.2 cm³/mol. The van der Waals surface area contributed by atoms with Crippen molar-refractivity contribution in [2.75, 3.05) is 13.2 Å². The number of aryl methyl sites for hydroxylation is 1. The molecule has 2 heterocycles. The molecular weight excluding hydrogens is 268 g/mol. The number of rotatable bonds is 2. The fourth-order valence-electron chi connectivity index (χ4n) is 1.97. The maximum absolute atomic E-state index is 6.50. The Kier molecular flexibility index (Phi) is 3.18. The van der Waals surface area contributed by atoms with E-state index >= 15 is 0 Å². The van der Waals surface area contributed by atoms with Crippen molar-refractivity contribution in [2.24, 2.45) is 0 Å². The summed E-state index contributed by atoms with van der Waals surface area (Å²) in [6, 6.07) is 10.1. The van der Waals surface area contributed by atoms with Crippen molar-refractivity contribution in [3.05, 3.63) is 45.6 Å². The normalized spacial score (nSPS) is 15.4. The molecular formula is C14H13ClO2S. The average Bonchev–Trinajstić information content (AvgIpc) is 2.84. The SMILES string of the molecule is Cc1ccc(C(Cl)c2ccc3c(c2)OCCO3)s1. The molecule has 1 aromatic heterocycles. The summed E-state index contributed by atoms with van der Waals surface area (Å²) in [7, 11) is 0. The average molecular weight is 281 g/mol. The van der Waals surface area contributed by atoms with Crippen LogP contribution in [-0.4, -0.2) is 13.2 Å². The molecule has 0 saturated carbocycles. The van der Waals surface area contributed by atoms with Gasteiger partial charge in [-0.05, 0) is 36.8 Å². The minimum Gasteiger partial charge on any atom is -0.486 e. The third kappa shape index (κ3) is 2.20. The number of hydrogen-bond acceptors (Lipinski definition) is 3. The number of alkyl halides is 1. The second-order valence-corrected chi connectivity index (χ2v) is 5.97. The highest BCUT2D eigenvalue weighted by atomic mass is 35.5. The Morgan fingerprint density at radius 2 is 1.89 bits per heavy atom. The van der Waals surface area contributed by atoms with Gasteiger partial charge in [-0.1, -0.05) is 6.07 Å². The van der Waals surface area contributed by atoms with Crippen LogP contribution in [0.3, 0.4) is 0 Å². The summed E-state index contributed by atoms with van der Waals surface area (Å²) >= 11 is 8.23. The van der Waals surface area contributed by atoms with Gasteiger partial charge in [0.15, 0.2) is 11.5 Å². The van der Waals surface area contributed by atoms with Gasteiger partial charge in [-0.25, -0.2) is 0 Å². The highest BCUT2D eigenvalue weighted by Crippen LogP contribution is 2.38. The van der Waals surface area contributed by atoms with E-state index in [0.29, 0.717) is 13.2 Å². The van der Waals surface area contributed by atoms with Crippen LogP contribution in [0.2, 0.25) is 0 Å². The number of ether oxygens (including phenoxy) is 2. The number of hydrogen-bond donors (Lipinski definition) is 0. The first-order valence-electron chi connectivity index (χ1n) is 5.84. The molecule has 1 aliphatic rings. The molecule has 0 N–H and O–H groups in total. The standard InChI is InChI=1S/C14H13ClO2S/c1-9-2-5-13(18-9)14(15)10-3-4-11-12(8-10)17-7-6-16-11/h2-5,8,14H,6-7H2,1H3. The summed E-state index contributed by atoms with van der Waals surface area (Å²) in [5, 5.41) is -0.125. The third-order valence-electron chi connectivity index (χ3n) is 2.87. The summed E-state index contributed by atoms with van der Waals surface area (Å²) in [4.78, 5) is 2.43. The summed E-state index contributed by atoms with van der Waals surface area (Å²) in [6.45, 7) is 3.30. The van der Waals surface area contributed by atoms with E-state index in [1.807, 2.05) is 18.2 Å². The molecule has 3 rings (SSSR count). The second-order valence-electron chi connectivity index (χ2n) is 4.21. The molecule has 94 valence electrons. The third-order valence-corrected chi connectivity index (χ3v) is 4.55. The van der Waals surface area contributed by atoms with E-state index < -0.39 is 0 Å². The molecule has 2 aromatic rings. The summed E-state index contributed by atoms with van der Waals surface area (Å²) in [5.41, 5.74) is 1.04. The fraction of sp³-hybridized carbons (Fsp3) is 0.286. The smallest absolute Gasteiger partial charge is 0.161 e. The molecule has 0 radical (unpaired) electrons. The van der Waals surface area contributed by atoms with Crippen LogP contribution >= 0.6 is 22.9 Å². The zero-order valence-electron chi connectivity index (χ0n) is 9.98. The lowest BCUT2D eigenvalue weighted by Crippen LogP contribution is -2.15. The Morgan fingerprint density at radius 3 is 2.61 bits per heavy atom. The zero-order chi connectivity index (χ0) is 12.5. The number of benzene rings is 1. The second kappa shape index (κ2) is 4.82. The first-order valence-corrected chi connectivity index (χ1v) is 7.09. The Bertz CT molecular complexity index is 565. The van der Waals surface area contributed by atoms with Gasteiger partial charge in [0.25, 0.3) is 0 Å². The van der Waals surface area contributed by atoms with Gasteiger partial charge in [-0.2, -0.15) is 0 Å². The minimum atomic E-state index is -0.125. The van der Waals surface area contributed by atoms with Crippen molar-refractivity contribution in [3.8, 4) is 11.5 Å². The van der Waals surface area contributed by atoms with E-state index in [1.165, 1.54) is 4.88 Å². The van der Waals surface area contributed by atoms with E-state index in [2.05, 4.69) is 19.1 Å². The van der Waals surface area contributed by atoms with Crippen LogP contribution in [0.4, 0.5) is 0 Å². The van der Waals surface area contributed by atoms with Gasteiger partial charge in [0.05, 0.1) is 5.38 Å². The molecule has 2 nitrogen and oxygen atoms in total. The number of fused-ring (bicyclic) bond motifs is 1. The van der Waals surface area contributed by atoms with E-state index in [0.717, 1.165) is 21.9 Å². The van der Waals surface area contributed by atoms with Gasteiger partial charge in [0, 0.05) is 9.75 Å². The van der Waals surface area contributed by atoms with E-state index in [4.69, 9.17) is 21.1 Å². The first kappa shape index (κ1) is 11.9. The monoisotopic (exact) mass is 280 g/mol. The summed E-state index contributed by atoms with van der Waals surface area (Å²) in [6.07, 6.45) is 0. The van der Waals surface area contributed by atoms with Crippen LogP contribution in [0.15, 0.2) is 30.3 Å². The molecule has 1 aromatic carbocycles. The highest BCUT2D eigenvalue weighted by Gasteiger charge is 2.17. The summed E-state index contributed by atoms with van der Waals surface area (Å²) < 4.78 is 11.1. The van der Waals surface area contributed by atoms with Gasteiger partial charge in [0.2, 0.25) is 0 Å². The van der Waals surface area contributed by atoms with Crippen LogP contribution in [0, 0.1) is 6.92 Å². The zero-order valence-corrected chi connectivity index (χ0v) is 11.6. The molecule has 1 aliphatic heterocycles. The number of thiophene rings is 1. The topological polar surface area (TPSA) is 18.5 Å².